The molecule has 26 heavy (non-hydrogen) atoms. The fourth-order valence-corrected chi connectivity index (χ4v) is 5.16. The maximum Gasteiger partial charge on any atom is 0.251 e. The number of allylic oxidation sites excluding steroid dienone is 2. The van der Waals surface area contributed by atoms with Crippen LogP contribution in [0.4, 0.5) is 5.69 Å². The van der Waals surface area contributed by atoms with E-state index in [0.29, 0.717) is 17.9 Å². The van der Waals surface area contributed by atoms with E-state index < -0.39 is 0 Å². The summed E-state index contributed by atoms with van der Waals surface area (Å²) in [5.41, 5.74) is 4.27. The number of fused-ring (bicyclic) bond motifs is 3. The fraction of sp³-hybridized carbons (Fsp3) is 0.409. The smallest absolute Gasteiger partial charge is 0.251 e. The summed E-state index contributed by atoms with van der Waals surface area (Å²) in [6.45, 7) is 8.22. The summed E-state index contributed by atoms with van der Waals surface area (Å²) in [5, 5.41) is 9.01. The highest BCUT2D eigenvalue weighted by molar-refractivity contribution is 7.10. The van der Waals surface area contributed by atoms with Crippen molar-refractivity contribution in [3.8, 4) is 0 Å². The molecule has 2 aliphatic rings. The van der Waals surface area contributed by atoms with E-state index in [4.69, 9.17) is 0 Å². The molecule has 0 spiro atoms. The van der Waals surface area contributed by atoms with Gasteiger partial charge in [-0.05, 0) is 80.8 Å². The zero-order chi connectivity index (χ0) is 18.5. The Morgan fingerprint density at radius 1 is 1.27 bits per heavy atom. The Labute approximate surface area is 159 Å². The van der Waals surface area contributed by atoms with Crippen molar-refractivity contribution in [2.75, 3.05) is 5.32 Å². The average molecular weight is 367 g/mol. The van der Waals surface area contributed by atoms with Gasteiger partial charge < -0.3 is 10.6 Å². The molecule has 3 atom stereocenters. The van der Waals surface area contributed by atoms with Crippen LogP contribution in [0.5, 0.6) is 0 Å². The summed E-state index contributed by atoms with van der Waals surface area (Å²) in [7, 11) is 0. The average Bonchev–Trinajstić information content (AvgIpc) is 3.21. The van der Waals surface area contributed by atoms with E-state index in [1.165, 1.54) is 16.0 Å². The van der Waals surface area contributed by atoms with Crippen molar-refractivity contribution in [1.82, 2.24) is 5.32 Å². The van der Waals surface area contributed by atoms with Gasteiger partial charge in [0.05, 0.1) is 6.04 Å². The molecule has 1 aliphatic carbocycles. The predicted octanol–water partition coefficient (Wildman–Crippen LogP) is 5.41. The molecule has 1 amide bonds. The Morgan fingerprint density at radius 2 is 2.08 bits per heavy atom. The minimum Gasteiger partial charge on any atom is -0.377 e. The second-order valence-electron chi connectivity index (χ2n) is 8.45. The van der Waals surface area contributed by atoms with Crippen molar-refractivity contribution in [3.05, 3.63) is 63.4 Å². The molecular formula is C22H26N2OS. The van der Waals surface area contributed by atoms with Crippen LogP contribution in [0.2, 0.25) is 0 Å². The highest BCUT2D eigenvalue weighted by atomic mass is 32.1. The Bertz CT molecular complexity index is 875. The molecule has 1 aromatic heterocycles. The molecule has 3 nitrogen and oxygen atoms in total. The van der Waals surface area contributed by atoms with Crippen LogP contribution in [0.1, 0.15) is 65.5 Å². The van der Waals surface area contributed by atoms with Crippen LogP contribution in [0.25, 0.3) is 0 Å². The SMILES string of the molecule is Cc1ccsc1C1Nc2ccc(C(=O)NC(C)(C)C)cc2C2C=CCC21. The summed E-state index contributed by atoms with van der Waals surface area (Å²) < 4.78 is 0. The highest BCUT2D eigenvalue weighted by Gasteiger charge is 2.39. The molecule has 4 heteroatoms. The molecule has 0 saturated carbocycles. The van der Waals surface area contributed by atoms with Crippen LogP contribution in [-0.4, -0.2) is 11.4 Å². The minimum absolute atomic E-state index is 0.00458. The van der Waals surface area contributed by atoms with Gasteiger partial charge in [0.25, 0.3) is 5.91 Å². The van der Waals surface area contributed by atoms with Crippen molar-refractivity contribution >= 4 is 22.9 Å². The van der Waals surface area contributed by atoms with Crippen LogP contribution in [0.15, 0.2) is 41.8 Å². The Hall–Kier alpha value is -2.07. The van der Waals surface area contributed by atoms with Crippen molar-refractivity contribution in [2.24, 2.45) is 5.92 Å². The van der Waals surface area contributed by atoms with E-state index in [9.17, 15) is 4.79 Å². The van der Waals surface area contributed by atoms with Gasteiger partial charge in [-0.3, -0.25) is 4.79 Å². The van der Waals surface area contributed by atoms with E-state index in [-0.39, 0.29) is 11.4 Å². The molecule has 3 unspecified atom stereocenters. The summed E-state index contributed by atoms with van der Waals surface area (Å²) >= 11 is 1.84. The van der Waals surface area contributed by atoms with Gasteiger partial charge in [0, 0.05) is 27.6 Å². The van der Waals surface area contributed by atoms with Crippen LogP contribution in [0.3, 0.4) is 0 Å². The van der Waals surface area contributed by atoms with Crippen LogP contribution < -0.4 is 10.6 Å². The topological polar surface area (TPSA) is 41.1 Å². The molecule has 1 aromatic carbocycles. The minimum atomic E-state index is -0.233. The summed E-state index contributed by atoms with van der Waals surface area (Å²) in [6, 6.07) is 8.63. The molecular weight excluding hydrogens is 340 g/mol. The Kier molecular flexibility index (Phi) is 4.19. The molecule has 2 N–H and O–H groups in total. The number of rotatable bonds is 2. The van der Waals surface area contributed by atoms with Crippen LogP contribution in [0, 0.1) is 12.8 Å². The monoisotopic (exact) mass is 366 g/mol. The number of nitrogens with one attached hydrogen (secondary N) is 2. The molecule has 0 fully saturated rings. The summed E-state index contributed by atoms with van der Waals surface area (Å²) in [6.07, 6.45) is 5.70. The highest BCUT2D eigenvalue weighted by Crippen LogP contribution is 2.51. The molecule has 0 saturated heterocycles. The Balaban J connectivity index is 1.69. The first-order valence-corrected chi connectivity index (χ1v) is 10.1. The lowest BCUT2D eigenvalue weighted by molar-refractivity contribution is 0.0919. The molecule has 0 bridgehead atoms. The van der Waals surface area contributed by atoms with E-state index in [1.807, 2.05) is 38.2 Å². The van der Waals surface area contributed by atoms with Gasteiger partial charge in [-0.2, -0.15) is 0 Å². The summed E-state index contributed by atoms with van der Waals surface area (Å²) in [5.74, 6) is 0.885. The number of aryl methyl sites for hydroxylation is 1. The van der Waals surface area contributed by atoms with Crippen LogP contribution >= 0.6 is 11.3 Å². The lowest BCUT2D eigenvalue weighted by atomic mass is 9.78. The third-order valence-electron chi connectivity index (χ3n) is 5.30. The molecule has 1 aliphatic heterocycles. The zero-order valence-electron chi connectivity index (χ0n) is 15.8. The van der Waals surface area contributed by atoms with Gasteiger partial charge in [-0.1, -0.05) is 12.2 Å². The van der Waals surface area contributed by atoms with Crippen molar-refractivity contribution in [1.29, 1.82) is 0 Å². The van der Waals surface area contributed by atoms with Crippen LogP contribution in [-0.2, 0) is 0 Å². The third-order valence-corrected chi connectivity index (χ3v) is 6.40. The number of hydrogen-bond donors (Lipinski definition) is 2. The maximum absolute atomic E-state index is 12.6. The van der Waals surface area contributed by atoms with Crippen molar-refractivity contribution < 1.29 is 4.79 Å². The Morgan fingerprint density at radius 3 is 2.77 bits per heavy atom. The molecule has 136 valence electrons. The quantitative estimate of drug-likeness (QED) is 0.698. The van der Waals surface area contributed by atoms with E-state index in [1.54, 1.807) is 0 Å². The number of amides is 1. The first kappa shape index (κ1) is 17.3. The summed E-state index contributed by atoms with van der Waals surface area (Å²) in [4.78, 5) is 14.0. The normalized spacial score (nSPS) is 23.9. The number of carbonyl (C=O) groups excluding carboxylic acids is 1. The van der Waals surface area contributed by atoms with Gasteiger partial charge in [0.1, 0.15) is 0 Å². The number of benzene rings is 1. The maximum atomic E-state index is 12.6. The molecule has 2 aromatic rings. The van der Waals surface area contributed by atoms with Gasteiger partial charge in [-0.25, -0.2) is 0 Å². The van der Waals surface area contributed by atoms with Gasteiger partial charge >= 0.3 is 0 Å². The van der Waals surface area contributed by atoms with Gasteiger partial charge in [0.15, 0.2) is 0 Å². The first-order chi connectivity index (χ1) is 12.3. The van der Waals surface area contributed by atoms with Gasteiger partial charge in [-0.15, -0.1) is 11.3 Å². The predicted molar refractivity (Wildman–Crippen MR) is 109 cm³/mol. The molecule has 4 rings (SSSR count). The second kappa shape index (κ2) is 6.27. The van der Waals surface area contributed by atoms with E-state index in [0.717, 1.165) is 17.7 Å². The van der Waals surface area contributed by atoms with Crippen molar-refractivity contribution in [3.63, 3.8) is 0 Å². The largest absolute Gasteiger partial charge is 0.377 e. The van der Waals surface area contributed by atoms with Gasteiger partial charge in [0.2, 0.25) is 0 Å². The number of hydrogen-bond acceptors (Lipinski definition) is 3. The molecule has 2 heterocycles. The zero-order valence-corrected chi connectivity index (χ0v) is 16.6. The lowest BCUT2D eigenvalue weighted by Crippen LogP contribution is -2.40. The number of thiophene rings is 1. The second-order valence-corrected chi connectivity index (χ2v) is 9.40. The standard InChI is InChI=1S/C22H26N2OS/c1-13-10-11-26-20(13)19-16-7-5-6-15(16)17-12-14(8-9-18(17)23-19)21(25)24-22(2,3)4/h5-6,8-12,15-16,19,23H,7H2,1-4H3,(H,24,25). The molecule has 0 radical (unpaired) electrons. The fourth-order valence-electron chi connectivity index (χ4n) is 4.11. The number of anilines is 1. The van der Waals surface area contributed by atoms with Crippen molar-refractivity contribution in [2.45, 2.75) is 51.6 Å². The third kappa shape index (κ3) is 3.07. The van der Waals surface area contributed by atoms with E-state index >= 15 is 0 Å². The lowest BCUT2D eigenvalue weighted by Gasteiger charge is -2.37. The van der Waals surface area contributed by atoms with E-state index in [2.05, 4.69) is 53.3 Å². The first-order valence-electron chi connectivity index (χ1n) is 9.27. The number of carbonyl (C=O) groups is 1.